The summed E-state index contributed by atoms with van der Waals surface area (Å²) < 4.78 is 0. The van der Waals surface area contributed by atoms with Gasteiger partial charge in [0.15, 0.2) is 0 Å². The first-order valence-electron chi connectivity index (χ1n) is 8.51. The molecule has 0 spiro atoms. The maximum Gasteiger partial charge on any atom is 0.256 e. The van der Waals surface area contributed by atoms with E-state index < -0.39 is 0 Å². The lowest BCUT2D eigenvalue weighted by Crippen LogP contribution is -2.50. The van der Waals surface area contributed by atoms with Gasteiger partial charge in [-0.25, -0.2) is 0 Å². The number of nitrogens with zero attached hydrogens (tertiary/aromatic N) is 2. The molecule has 0 saturated carbocycles. The van der Waals surface area contributed by atoms with E-state index in [1.54, 1.807) is 9.80 Å². The van der Waals surface area contributed by atoms with Crippen molar-refractivity contribution >= 4 is 17.5 Å². The van der Waals surface area contributed by atoms with Crippen molar-refractivity contribution in [2.45, 2.75) is 31.8 Å². The third-order valence-corrected chi connectivity index (χ3v) is 4.92. The Morgan fingerprint density at radius 1 is 0.917 bits per heavy atom. The van der Waals surface area contributed by atoms with Gasteiger partial charge in [0.2, 0.25) is 5.91 Å². The summed E-state index contributed by atoms with van der Waals surface area (Å²) in [6.07, 6.45) is 2.72. The Bertz CT molecular complexity index is 772. The van der Waals surface area contributed by atoms with E-state index in [2.05, 4.69) is 0 Å². The third-order valence-electron chi connectivity index (χ3n) is 4.92. The van der Waals surface area contributed by atoms with E-state index in [4.69, 9.17) is 0 Å². The number of hydrogen-bond donors (Lipinski definition) is 0. The predicted molar refractivity (Wildman–Crippen MR) is 92.7 cm³/mol. The molecule has 24 heavy (non-hydrogen) atoms. The van der Waals surface area contributed by atoms with Crippen molar-refractivity contribution in [3.8, 4) is 0 Å². The molecule has 1 atom stereocenters. The normalized spacial score (nSPS) is 20.4. The highest BCUT2D eigenvalue weighted by atomic mass is 16.2. The van der Waals surface area contributed by atoms with Crippen LogP contribution in [0.1, 0.15) is 35.2 Å². The molecule has 2 amide bonds. The number of fused-ring (bicyclic) bond motifs is 2. The predicted octanol–water partition coefficient (Wildman–Crippen LogP) is 3.23. The average Bonchev–Trinajstić information content (AvgIpc) is 2.73. The highest BCUT2D eigenvalue weighted by molar-refractivity contribution is 6.10. The van der Waals surface area contributed by atoms with Gasteiger partial charge in [-0.15, -0.1) is 0 Å². The molecule has 1 saturated heterocycles. The van der Waals surface area contributed by atoms with Crippen LogP contribution in [0.3, 0.4) is 0 Å². The van der Waals surface area contributed by atoms with Crippen LogP contribution in [0.15, 0.2) is 54.6 Å². The van der Waals surface area contributed by atoms with E-state index in [9.17, 15) is 9.59 Å². The Labute approximate surface area is 141 Å². The van der Waals surface area contributed by atoms with Gasteiger partial charge in [-0.2, -0.15) is 0 Å². The molecule has 1 unspecified atom stereocenters. The molecule has 0 aromatic heterocycles. The summed E-state index contributed by atoms with van der Waals surface area (Å²) in [7, 11) is 0. The molecule has 4 heteroatoms. The van der Waals surface area contributed by atoms with E-state index >= 15 is 0 Å². The van der Waals surface area contributed by atoms with E-state index in [1.165, 1.54) is 0 Å². The lowest BCUT2D eigenvalue weighted by molar-refractivity contribution is -0.123. The van der Waals surface area contributed by atoms with E-state index in [-0.39, 0.29) is 17.9 Å². The largest absolute Gasteiger partial charge is 0.327 e. The summed E-state index contributed by atoms with van der Waals surface area (Å²) in [6, 6.07) is 17.1. The fraction of sp³-hybridized carbons (Fsp3) is 0.300. The van der Waals surface area contributed by atoms with Crippen LogP contribution < -0.4 is 4.90 Å². The maximum atomic E-state index is 13.2. The number of para-hydroxylation sites is 1. The summed E-state index contributed by atoms with van der Waals surface area (Å²) in [5.74, 6) is 0.0241. The second-order valence-corrected chi connectivity index (χ2v) is 6.44. The minimum absolute atomic E-state index is 0.0146. The molecule has 2 aliphatic heterocycles. The van der Waals surface area contributed by atoms with E-state index in [0.29, 0.717) is 18.7 Å². The Kier molecular flexibility index (Phi) is 3.81. The molecule has 4 rings (SSSR count). The smallest absolute Gasteiger partial charge is 0.256 e. The average molecular weight is 320 g/mol. The number of carbonyl (C=O) groups excluding carboxylic acids is 2. The first kappa shape index (κ1) is 14.9. The molecule has 1 fully saturated rings. The number of carbonyl (C=O) groups is 2. The molecule has 0 N–H and O–H groups in total. The quantitative estimate of drug-likeness (QED) is 0.852. The zero-order valence-electron chi connectivity index (χ0n) is 13.5. The number of amides is 2. The van der Waals surface area contributed by atoms with E-state index in [1.807, 2.05) is 54.6 Å². The van der Waals surface area contributed by atoms with Crippen molar-refractivity contribution in [1.82, 2.24) is 4.90 Å². The van der Waals surface area contributed by atoms with Gasteiger partial charge in [-0.05, 0) is 37.0 Å². The Morgan fingerprint density at radius 3 is 2.50 bits per heavy atom. The van der Waals surface area contributed by atoms with Crippen molar-refractivity contribution in [1.29, 1.82) is 0 Å². The summed E-state index contributed by atoms with van der Waals surface area (Å²) in [5.41, 5.74) is 2.43. The number of benzene rings is 2. The van der Waals surface area contributed by atoms with Crippen LogP contribution in [-0.2, 0) is 11.3 Å². The minimum Gasteiger partial charge on any atom is -0.327 e. The number of piperidine rings is 1. The van der Waals surface area contributed by atoms with Crippen LogP contribution in [0.25, 0.3) is 0 Å². The first-order chi connectivity index (χ1) is 11.8. The van der Waals surface area contributed by atoms with Crippen LogP contribution in [-0.4, -0.2) is 29.3 Å². The van der Waals surface area contributed by atoms with E-state index in [0.717, 1.165) is 30.5 Å². The standard InChI is InChI=1S/C20H20N2O2/c23-19-16-10-4-5-11-17(16)22(14-15-8-2-1-3-9-15)20(24)18-12-6-7-13-21(18)19/h1-5,8-11,18H,6-7,12-14H2. The van der Waals surface area contributed by atoms with Crippen LogP contribution in [0.4, 0.5) is 5.69 Å². The monoisotopic (exact) mass is 320 g/mol. The number of rotatable bonds is 2. The van der Waals surface area contributed by atoms with Gasteiger partial charge in [0, 0.05) is 6.54 Å². The summed E-state index contributed by atoms with van der Waals surface area (Å²) in [5, 5.41) is 0. The molecule has 4 nitrogen and oxygen atoms in total. The molecule has 0 aliphatic carbocycles. The highest BCUT2D eigenvalue weighted by Gasteiger charge is 2.40. The SMILES string of the molecule is O=C1C2CCCCN2C(=O)c2ccccc2N1Cc1ccccc1. The van der Waals surface area contributed by atoms with Crippen LogP contribution >= 0.6 is 0 Å². The molecule has 2 aromatic carbocycles. The van der Waals surface area contributed by atoms with Gasteiger partial charge in [0.25, 0.3) is 5.91 Å². The summed E-state index contributed by atoms with van der Waals surface area (Å²) >= 11 is 0. The topological polar surface area (TPSA) is 40.6 Å². The van der Waals surface area contributed by atoms with Crippen molar-refractivity contribution in [3.05, 3.63) is 65.7 Å². The first-order valence-corrected chi connectivity index (χ1v) is 8.51. The van der Waals surface area contributed by atoms with Crippen molar-refractivity contribution in [2.75, 3.05) is 11.4 Å². The Hall–Kier alpha value is -2.62. The van der Waals surface area contributed by atoms with Gasteiger partial charge in [0.05, 0.1) is 17.8 Å². The van der Waals surface area contributed by atoms with Gasteiger partial charge in [-0.3, -0.25) is 9.59 Å². The molecule has 2 heterocycles. The van der Waals surface area contributed by atoms with Gasteiger partial charge >= 0.3 is 0 Å². The zero-order valence-corrected chi connectivity index (χ0v) is 13.5. The Morgan fingerprint density at radius 2 is 1.67 bits per heavy atom. The molecule has 122 valence electrons. The molecule has 0 bridgehead atoms. The second kappa shape index (κ2) is 6.11. The van der Waals surface area contributed by atoms with Gasteiger partial charge in [0.1, 0.15) is 6.04 Å². The maximum absolute atomic E-state index is 13.2. The molecule has 0 radical (unpaired) electrons. The van der Waals surface area contributed by atoms with Crippen LogP contribution in [0, 0.1) is 0 Å². The second-order valence-electron chi connectivity index (χ2n) is 6.44. The lowest BCUT2D eigenvalue weighted by Gasteiger charge is -2.34. The van der Waals surface area contributed by atoms with Gasteiger partial charge < -0.3 is 9.80 Å². The van der Waals surface area contributed by atoms with Crippen molar-refractivity contribution in [2.24, 2.45) is 0 Å². The Balaban J connectivity index is 1.80. The zero-order chi connectivity index (χ0) is 16.5. The minimum atomic E-state index is -0.331. The van der Waals surface area contributed by atoms with Crippen LogP contribution in [0.2, 0.25) is 0 Å². The van der Waals surface area contributed by atoms with Crippen molar-refractivity contribution < 1.29 is 9.59 Å². The molecular weight excluding hydrogens is 300 g/mol. The summed E-state index contributed by atoms with van der Waals surface area (Å²) in [4.78, 5) is 29.7. The molecule has 2 aliphatic rings. The number of hydrogen-bond acceptors (Lipinski definition) is 2. The third kappa shape index (κ3) is 2.48. The molecule has 2 aromatic rings. The summed E-state index contributed by atoms with van der Waals surface area (Å²) in [6.45, 7) is 1.16. The van der Waals surface area contributed by atoms with Crippen molar-refractivity contribution in [3.63, 3.8) is 0 Å². The lowest BCUT2D eigenvalue weighted by atomic mass is 10.0. The van der Waals surface area contributed by atoms with Crippen LogP contribution in [0.5, 0.6) is 0 Å². The highest BCUT2D eigenvalue weighted by Crippen LogP contribution is 2.32. The fourth-order valence-electron chi connectivity index (χ4n) is 3.70. The fourth-order valence-corrected chi connectivity index (χ4v) is 3.70. The number of anilines is 1. The van der Waals surface area contributed by atoms with Gasteiger partial charge in [-0.1, -0.05) is 42.5 Å². The molecular formula is C20H20N2O2.